The summed E-state index contributed by atoms with van der Waals surface area (Å²) in [7, 11) is 0. The van der Waals surface area contributed by atoms with Gasteiger partial charge in [-0.25, -0.2) is 0 Å². The Hall–Kier alpha value is -1.46. The fraction of sp³-hybridized carbons (Fsp3) is 0.500. The number of ether oxygens (including phenoxy) is 1. The smallest absolute Gasteiger partial charge is 0.186 e. The first-order valence-electron chi connectivity index (χ1n) is 7.53. The summed E-state index contributed by atoms with van der Waals surface area (Å²) in [4.78, 5) is 0. The molecule has 0 heterocycles. The lowest BCUT2D eigenvalue weighted by Gasteiger charge is -2.17. The van der Waals surface area contributed by atoms with Crippen molar-refractivity contribution >= 4 is 23.0 Å². The number of nitrogens with one attached hydrogen (secondary N) is 2. The Balaban J connectivity index is 1.71. The Bertz CT molecular complexity index is 502. The molecule has 0 radical (unpaired) electrons. The lowest BCUT2D eigenvalue weighted by molar-refractivity contribution is 0.145. The molecule has 1 aliphatic carbocycles. The molecule has 0 bridgehead atoms. The van der Waals surface area contributed by atoms with Gasteiger partial charge in [-0.05, 0) is 49.5 Å². The van der Waals surface area contributed by atoms with Crippen molar-refractivity contribution in [1.82, 2.24) is 10.7 Å². The molecule has 21 heavy (non-hydrogen) atoms. The second kappa shape index (κ2) is 8.74. The molecule has 1 aromatic rings. The van der Waals surface area contributed by atoms with Gasteiger partial charge >= 0.3 is 0 Å². The van der Waals surface area contributed by atoms with Gasteiger partial charge in [-0.1, -0.05) is 24.3 Å². The van der Waals surface area contributed by atoms with Gasteiger partial charge in [0.1, 0.15) is 0 Å². The molecule has 2 N–H and O–H groups in total. The third-order valence-corrected chi connectivity index (χ3v) is 3.70. The summed E-state index contributed by atoms with van der Waals surface area (Å²) in [6, 6.07) is 8.55. The largest absolute Gasteiger partial charge is 0.382 e. The molecule has 4 nitrogen and oxygen atoms in total. The van der Waals surface area contributed by atoms with Crippen molar-refractivity contribution in [2.45, 2.75) is 32.6 Å². The maximum atomic E-state index is 5.27. The van der Waals surface area contributed by atoms with E-state index in [2.05, 4.69) is 40.1 Å². The van der Waals surface area contributed by atoms with E-state index >= 15 is 0 Å². The molecular formula is C16H23N3OS. The van der Waals surface area contributed by atoms with E-state index < -0.39 is 0 Å². The van der Waals surface area contributed by atoms with Crippen LogP contribution in [-0.4, -0.2) is 30.6 Å². The van der Waals surface area contributed by atoms with Crippen LogP contribution in [0.4, 0.5) is 0 Å². The molecule has 2 rings (SSSR count). The number of benzene rings is 1. The number of thiocarbonyl (C=S) groups is 1. The zero-order chi connectivity index (χ0) is 14.9. The maximum Gasteiger partial charge on any atom is 0.186 e. The zero-order valence-electron chi connectivity index (χ0n) is 12.5. The average Bonchev–Trinajstić information content (AvgIpc) is 2.52. The summed E-state index contributed by atoms with van der Waals surface area (Å²) < 4.78 is 5.27. The van der Waals surface area contributed by atoms with Gasteiger partial charge in [-0.15, -0.1) is 0 Å². The number of fused-ring (bicyclic) bond motifs is 1. The summed E-state index contributed by atoms with van der Waals surface area (Å²) in [5.74, 6) is 0. The van der Waals surface area contributed by atoms with Crippen LogP contribution >= 0.6 is 12.2 Å². The molecule has 0 atom stereocenters. The fourth-order valence-corrected chi connectivity index (χ4v) is 2.49. The minimum Gasteiger partial charge on any atom is -0.382 e. The van der Waals surface area contributed by atoms with Crippen LogP contribution in [0.5, 0.6) is 0 Å². The number of nitrogens with zero attached hydrogens (tertiary/aromatic N) is 1. The molecule has 0 fully saturated rings. The van der Waals surface area contributed by atoms with Gasteiger partial charge < -0.3 is 10.1 Å². The van der Waals surface area contributed by atoms with Crippen LogP contribution in [0.25, 0.3) is 0 Å². The Labute approximate surface area is 132 Å². The van der Waals surface area contributed by atoms with Gasteiger partial charge in [-0.2, -0.15) is 5.10 Å². The molecule has 1 aliphatic rings. The second-order valence-electron chi connectivity index (χ2n) is 5.04. The fourth-order valence-electron chi connectivity index (χ4n) is 2.35. The highest BCUT2D eigenvalue weighted by atomic mass is 32.1. The second-order valence-corrected chi connectivity index (χ2v) is 5.45. The number of aryl methyl sites for hydroxylation is 1. The number of rotatable bonds is 6. The molecule has 5 heteroatoms. The molecule has 0 aliphatic heterocycles. The van der Waals surface area contributed by atoms with Crippen LogP contribution in [0.2, 0.25) is 0 Å². The zero-order valence-corrected chi connectivity index (χ0v) is 13.3. The molecule has 0 saturated heterocycles. The van der Waals surface area contributed by atoms with Crippen molar-refractivity contribution in [2.75, 3.05) is 19.8 Å². The van der Waals surface area contributed by atoms with Gasteiger partial charge in [0.15, 0.2) is 5.11 Å². The standard InChI is InChI=1S/C16H23N3OS/c1-2-20-11-5-10-17-16(21)19-18-15-9-8-13-6-3-4-7-14(13)12-15/h3-4,6-7H,2,5,8-12H2,1H3,(H2,17,19,21)/b18-15-. The van der Waals surface area contributed by atoms with Crippen LogP contribution in [-0.2, 0) is 17.6 Å². The molecule has 0 unspecified atom stereocenters. The van der Waals surface area contributed by atoms with Crippen LogP contribution < -0.4 is 10.7 Å². The van der Waals surface area contributed by atoms with Crippen LogP contribution in [0.15, 0.2) is 29.4 Å². The Kier molecular flexibility index (Phi) is 6.63. The van der Waals surface area contributed by atoms with Crippen molar-refractivity contribution in [3.8, 4) is 0 Å². The van der Waals surface area contributed by atoms with Crippen LogP contribution in [0, 0.1) is 0 Å². The summed E-state index contributed by atoms with van der Waals surface area (Å²) in [5.41, 5.74) is 6.91. The van der Waals surface area contributed by atoms with E-state index in [0.29, 0.717) is 5.11 Å². The normalized spacial score (nSPS) is 15.6. The van der Waals surface area contributed by atoms with Gasteiger partial charge in [0.2, 0.25) is 0 Å². The Morgan fingerprint density at radius 2 is 2.10 bits per heavy atom. The summed E-state index contributed by atoms with van der Waals surface area (Å²) in [6.45, 7) is 4.33. The van der Waals surface area contributed by atoms with Crippen molar-refractivity contribution in [3.63, 3.8) is 0 Å². The van der Waals surface area contributed by atoms with E-state index in [1.165, 1.54) is 11.1 Å². The van der Waals surface area contributed by atoms with E-state index in [9.17, 15) is 0 Å². The van der Waals surface area contributed by atoms with Crippen molar-refractivity contribution in [3.05, 3.63) is 35.4 Å². The van der Waals surface area contributed by atoms with Gasteiger partial charge in [-0.3, -0.25) is 5.43 Å². The van der Waals surface area contributed by atoms with E-state index in [4.69, 9.17) is 17.0 Å². The molecular weight excluding hydrogens is 282 g/mol. The van der Waals surface area contributed by atoms with Gasteiger partial charge in [0.05, 0.1) is 0 Å². The maximum absolute atomic E-state index is 5.27. The predicted octanol–water partition coefficient (Wildman–Crippen LogP) is 2.42. The highest BCUT2D eigenvalue weighted by Crippen LogP contribution is 2.18. The van der Waals surface area contributed by atoms with Crippen molar-refractivity contribution in [2.24, 2.45) is 5.10 Å². The Morgan fingerprint density at radius 1 is 1.29 bits per heavy atom. The number of hydrogen-bond acceptors (Lipinski definition) is 3. The molecule has 0 spiro atoms. The quantitative estimate of drug-likeness (QED) is 0.481. The summed E-state index contributed by atoms with van der Waals surface area (Å²) in [5, 5.41) is 8.14. The summed E-state index contributed by atoms with van der Waals surface area (Å²) in [6.07, 6.45) is 3.91. The predicted molar refractivity (Wildman–Crippen MR) is 90.7 cm³/mol. The van der Waals surface area contributed by atoms with Gasteiger partial charge in [0, 0.05) is 31.9 Å². The third kappa shape index (κ3) is 5.44. The first-order chi connectivity index (χ1) is 10.3. The molecule has 0 aromatic heterocycles. The number of hydrazone groups is 1. The monoisotopic (exact) mass is 305 g/mol. The molecule has 0 amide bonds. The first kappa shape index (κ1) is 15.9. The SMILES string of the molecule is CCOCCCNC(=S)N/N=C1/CCc2ccccc2C1. The average molecular weight is 305 g/mol. The van der Waals surface area contributed by atoms with Crippen LogP contribution in [0.3, 0.4) is 0 Å². The Morgan fingerprint density at radius 3 is 2.90 bits per heavy atom. The molecule has 1 aromatic carbocycles. The first-order valence-corrected chi connectivity index (χ1v) is 7.94. The minimum absolute atomic E-state index is 0.581. The van der Waals surface area contributed by atoms with E-state index in [-0.39, 0.29) is 0 Å². The third-order valence-electron chi connectivity index (χ3n) is 3.47. The topological polar surface area (TPSA) is 45.6 Å². The van der Waals surface area contributed by atoms with Crippen LogP contribution in [0.1, 0.15) is 30.9 Å². The van der Waals surface area contributed by atoms with E-state index in [1.54, 1.807) is 0 Å². The van der Waals surface area contributed by atoms with Crippen molar-refractivity contribution < 1.29 is 4.74 Å². The summed E-state index contributed by atoms with van der Waals surface area (Å²) >= 11 is 5.21. The lowest BCUT2D eigenvalue weighted by atomic mass is 9.90. The highest BCUT2D eigenvalue weighted by Gasteiger charge is 2.13. The lowest BCUT2D eigenvalue weighted by Crippen LogP contribution is -2.34. The van der Waals surface area contributed by atoms with E-state index in [0.717, 1.165) is 51.2 Å². The molecule has 114 valence electrons. The number of hydrogen-bond donors (Lipinski definition) is 2. The van der Waals surface area contributed by atoms with Gasteiger partial charge in [0.25, 0.3) is 0 Å². The van der Waals surface area contributed by atoms with E-state index in [1.807, 2.05) is 6.92 Å². The highest BCUT2D eigenvalue weighted by molar-refractivity contribution is 7.80. The molecule has 0 saturated carbocycles. The minimum atomic E-state index is 0.581. The van der Waals surface area contributed by atoms with Crippen molar-refractivity contribution in [1.29, 1.82) is 0 Å².